The Balaban J connectivity index is 2.03. The second-order valence-electron chi connectivity index (χ2n) is 4.81. The Labute approximate surface area is 119 Å². The van der Waals surface area contributed by atoms with Gasteiger partial charge in [0, 0.05) is 44.6 Å². The fourth-order valence-electron chi connectivity index (χ4n) is 2.18. The lowest BCUT2D eigenvalue weighted by molar-refractivity contribution is 0.626. The van der Waals surface area contributed by atoms with Gasteiger partial charge in [0.2, 0.25) is 0 Å². The van der Waals surface area contributed by atoms with E-state index in [9.17, 15) is 4.39 Å². The lowest BCUT2D eigenvalue weighted by Gasteiger charge is -2.24. The van der Waals surface area contributed by atoms with E-state index in [0.717, 1.165) is 37.4 Å². The van der Waals surface area contributed by atoms with Crippen LogP contribution in [0.4, 0.5) is 10.1 Å². The molecule has 0 bridgehead atoms. The van der Waals surface area contributed by atoms with Gasteiger partial charge in [0.25, 0.3) is 0 Å². The molecule has 0 radical (unpaired) electrons. The minimum Gasteiger partial charge on any atom is -0.371 e. The number of nitrogens with two attached hydrogens (primary N) is 1. The minimum absolute atomic E-state index is 0.211. The highest BCUT2D eigenvalue weighted by Crippen LogP contribution is 2.15. The molecule has 2 rings (SSSR count). The molecule has 0 saturated heterocycles. The van der Waals surface area contributed by atoms with Crippen molar-refractivity contribution in [3.8, 4) is 0 Å². The Bertz CT molecular complexity index is 521. The molecule has 0 fully saturated rings. The maximum absolute atomic E-state index is 13.0. The van der Waals surface area contributed by atoms with Gasteiger partial charge in [0.15, 0.2) is 0 Å². The summed E-state index contributed by atoms with van der Waals surface area (Å²) in [5, 5.41) is 0. The van der Waals surface area contributed by atoms with Crippen LogP contribution in [0.3, 0.4) is 0 Å². The monoisotopic (exact) mass is 276 g/mol. The summed E-state index contributed by atoms with van der Waals surface area (Å²) < 4.78 is 15.0. The van der Waals surface area contributed by atoms with Crippen LogP contribution in [0.2, 0.25) is 0 Å². The SMILES string of the molecule is Cn1ccnc1CCN(CCCN)c1ccc(F)cc1. The van der Waals surface area contributed by atoms with Crippen LogP contribution in [0.1, 0.15) is 12.2 Å². The first kappa shape index (κ1) is 14.5. The third-order valence-electron chi connectivity index (χ3n) is 3.35. The average molecular weight is 276 g/mol. The molecule has 0 aliphatic heterocycles. The number of hydrogen-bond donors (Lipinski definition) is 1. The highest BCUT2D eigenvalue weighted by atomic mass is 19.1. The summed E-state index contributed by atoms with van der Waals surface area (Å²) in [6, 6.07) is 6.60. The van der Waals surface area contributed by atoms with E-state index in [1.807, 2.05) is 29.9 Å². The van der Waals surface area contributed by atoms with Crippen molar-refractivity contribution in [2.24, 2.45) is 12.8 Å². The molecular formula is C15H21FN4. The molecule has 20 heavy (non-hydrogen) atoms. The number of nitrogens with zero attached hydrogens (tertiary/aromatic N) is 3. The molecule has 0 aliphatic carbocycles. The number of benzene rings is 1. The van der Waals surface area contributed by atoms with E-state index in [1.165, 1.54) is 12.1 Å². The number of hydrogen-bond acceptors (Lipinski definition) is 3. The summed E-state index contributed by atoms with van der Waals surface area (Å²) in [5.74, 6) is 0.835. The molecule has 0 atom stereocenters. The number of aromatic nitrogens is 2. The second kappa shape index (κ2) is 7.05. The van der Waals surface area contributed by atoms with E-state index in [2.05, 4.69) is 9.88 Å². The Morgan fingerprint density at radius 1 is 1.25 bits per heavy atom. The molecule has 108 valence electrons. The average Bonchev–Trinajstić information content (AvgIpc) is 2.86. The number of halogens is 1. The highest BCUT2D eigenvalue weighted by Gasteiger charge is 2.08. The van der Waals surface area contributed by atoms with Crippen molar-refractivity contribution in [2.45, 2.75) is 12.8 Å². The van der Waals surface area contributed by atoms with Crippen LogP contribution in [0.15, 0.2) is 36.7 Å². The van der Waals surface area contributed by atoms with Gasteiger partial charge < -0.3 is 15.2 Å². The van der Waals surface area contributed by atoms with Crippen molar-refractivity contribution in [1.29, 1.82) is 0 Å². The van der Waals surface area contributed by atoms with E-state index >= 15 is 0 Å². The Kier molecular flexibility index (Phi) is 5.12. The summed E-state index contributed by atoms with van der Waals surface area (Å²) in [7, 11) is 1.99. The highest BCUT2D eigenvalue weighted by molar-refractivity contribution is 5.46. The van der Waals surface area contributed by atoms with Crippen LogP contribution in [-0.2, 0) is 13.5 Å². The third-order valence-corrected chi connectivity index (χ3v) is 3.35. The first-order valence-corrected chi connectivity index (χ1v) is 6.87. The summed E-state index contributed by atoms with van der Waals surface area (Å²) in [6.07, 6.45) is 5.51. The predicted octanol–water partition coefficient (Wildman–Crippen LogP) is 1.96. The van der Waals surface area contributed by atoms with E-state index < -0.39 is 0 Å². The number of rotatable bonds is 7. The molecule has 2 aromatic rings. The fourth-order valence-corrected chi connectivity index (χ4v) is 2.18. The van der Waals surface area contributed by atoms with E-state index in [0.29, 0.717) is 6.54 Å². The molecule has 4 nitrogen and oxygen atoms in total. The molecular weight excluding hydrogens is 255 g/mol. The van der Waals surface area contributed by atoms with Gasteiger partial charge in [0.1, 0.15) is 11.6 Å². The minimum atomic E-state index is -0.211. The topological polar surface area (TPSA) is 47.1 Å². The first-order valence-electron chi connectivity index (χ1n) is 6.87. The summed E-state index contributed by atoms with van der Waals surface area (Å²) >= 11 is 0. The third kappa shape index (κ3) is 3.81. The Hall–Kier alpha value is -1.88. The predicted molar refractivity (Wildman–Crippen MR) is 79.2 cm³/mol. The standard InChI is InChI=1S/C15H21FN4/c1-19-12-9-18-15(19)7-11-20(10-2-8-17)14-5-3-13(16)4-6-14/h3-6,9,12H,2,7-8,10-11,17H2,1H3. The molecule has 0 saturated carbocycles. The van der Waals surface area contributed by atoms with E-state index in [-0.39, 0.29) is 5.82 Å². The van der Waals surface area contributed by atoms with Gasteiger partial charge in [-0.2, -0.15) is 0 Å². The van der Waals surface area contributed by atoms with Crippen LogP contribution >= 0.6 is 0 Å². The zero-order valence-corrected chi connectivity index (χ0v) is 11.8. The summed E-state index contributed by atoms with van der Waals surface area (Å²) in [5.41, 5.74) is 6.61. The lowest BCUT2D eigenvalue weighted by Crippen LogP contribution is -2.29. The van der Waals surface area contributed by atoms with Crippen molar-refractivity contribution in [3.05, 3.63) is 48.3 Å². The van der Waals surface area contributed by atoms with Gasteiger partial charge in [-0.25, -0.2) is 9.37 Å². The summed E-state index contributed by atoms with van der Waals surface area (Å²) in [6.45, 7) is 2.36. The molecule has 1 heterocycles. The Morgan fingerprint density at radius 3 is 2.60 bits per heavy atom. The van der Waals surface area contributed by atoms with Crippen molar-refractivity contribution >= 4 is 5.69 Å². The Morgan fingerprint density at radius 2 is 2.00 bits per heavy atom. The molecule has 0 unspecified atom stereocenters. The van der Waals surface area contributed by atoms with Gasteiger partial charge in [0.05, 0.1) is 0 Å². The van der Waals surface area contributed by atoms with Crippen molar-refractivity contribution < 1.29 is 4.39 Å². The number of aryl methyl sites for hydroxylation is 1. The van der Waals surface area contributed by atoms with Crippen molar-refractivity contribution in [1.82, 2.24) is 9.55 Å². The van der Waals surface area contributed by atoms with E-state index in [1.54, 1.807) is 6.20 Å². The second-order valence-corrected chi connectivity index (χ2v) is 4.81. The zero-order valence-electron chi connectivity index (χ0n) is 11.8. The normalized spacial score (nSPS) is 10.8. The van der Waals surface area contributed by atoms with Gasteiger partial charge in [-0.1, -0.05) is 0 Å². The van der Waals surface area contributed by atoms with Gasteiger partial charge in [-0.15, -0.1) is 0 Å². The van der Waals surface area contributed by atoms with Crippen molar-refractivity contribution in [2.75, 3.05) is 24.5 Å². The number of imidazole rings is 1. The van der Waals surface area contributed by atoms with Crippen LogP contribution in [0.25, 0.3) is 0 Å². The summed E-state index contributed by atoms with van der Waals surface area (Å²) in [4.78, 5) is 6.55. The quantitative estimate of drug-likeness (QED) is 0.841. The van der Waals surface area contributed by atoms with E-state index in [4.69, 9.17) is 5.73 Å². The van der Waals surface area contributed by atoms with Crippen LogP contribution < -0.4 is 10.6 Å². The van der Waals surface area contributed by atoms with Gasteiger partial charge >= 0.3 is 0 Å². The van der Waals surface area contributed by atoms with Gasteiger partial charge in [-0.3, -0.25) is 0 Å². The van der Waals surface area contributed by atoms with Crippen LogP contribution in [-0.4, -0.2) is 29.2 Å². The zero-order chi connectivity index (χ0) is 14.4. The maximum atomic E-state index is 13.0. The lowest BCUT2D eigenvalue weighted by atomic mass is 10.2. The molecule has 0 aliphatic rings. The van der Waals surface area contributed by atoms with Gasteiger partial charge in [-0.05, 0) is 37.2 Å². The molecule has 0 amide bonds. The molecule has 1 aromatic carbocycles. The number of anilines is 1. The molecule has 2 N–H and O–H groups in total. The largest absolute Gasteiger partial charge is 0.371 e. The van der Waals surface area contributed by atoms with Crippen LogP contribution in [0, 0.1) is 5.82 Å². The van der Waals surface area contributed by atoms with Crippen LogP contribution in [0.5, 0.6) is 0 Å². The molecule has 5 heteroatoms. The molecule has 1 aromatic heterocycles. The first-order chi connectivity index (χ1) is 9.70. The fraction of sp³-hybridized carbons (Fsp3) is 0.400. The van der Waals surface area contributed by atoms with Crippen molar-refractivity contribution in [3.63, 3.8) is 0 Å². The molecule has 0 spiro atoms. The maximum Gasteiger partial charge on any atom is 0.123 e. The smallest absolute Gasteiger partial charge is 0.123 e.